The molecule has 0 aromatic carbocycles. The number of hydrogen-bond acceptors (Lipinski definition) is 4. The molecule has 1 saturated heterocycles. The molecule has 0 bridgehead atoms. The molecule has 26 heavy (non-hydrogen) atoms. The molecular weight excluding hydrogens is 354 g/mol. The summed E-state index contributed by atoms with van der Waals surface area (Å²) in [6.07, 6.45) is 3.97. The van der Waals surface area contributed by atoms with Gasteiger partial charge in [-0.05, 0) is 31.9 Å². The van der Waals surface area contributed by atoms with Crippen molar-refractivity contribution >= 4 is 28.5 Å². The fraction of sp³-hybridized carbons (Fsp3) is 0.579. The van der Waals surface area contributed by atoms with E-state index in [-0.39, 0.29) is 18.1 Å². The molecular formula is C19H24ClN3O3. The van der Waals surface area contributed by atoms with Gasteiger partial charge in [0.25, 0.3) is 5.91 Å². The van der Waals surface area contributed by atoms with Gasteiger partial charge >= 0.3 is 0 Å². The number of hydrogen-bond donors (Lipinski definition) is 1. The number of aryl methyl sites for hydroxylation is 1. The van der Waals surface area contributed by atoms with Crippen molar-refractivity contribution in [2.24, 2.45) is 0 Å². The van der Waals surface area contributed by atoms with Gasteiger partial charge in [0.1, 0.15) is 11.8 Å². The zero-order chi connectivity index (χ0) is 18.3. The van der Waals surface area contributed by atoms with E-state index in [0.29, 0.717) is 18.1 Å². The number of amides is 1. The van der Waals surface area contributed by atoms with Crippen LogP contribution in [-0.2, 0) is 22.5 Å². The number of pyridine rings is 1. The lowest BCUT2D eigenvalue weighted by Gasteiger charge is -2.32. The van der Waals surface area contributed by atoms with Crippen LogP contribution in [0, 0.1) is 0 Å². The van der Waals surface area contributed by atoms with E-state index in [9.17, 15) is 9.90 Å². The molecule has 3 unspecified atom stereocenters. The normalized spacial score (nSPS) is 24.3. The molecule has 0 radical (unpaired) electrons. The summed E-state index contributed by atoms with van der Waals surface area (Å²) in [7, 11) is 0. The van der Waals surface area contributed by atoms with E-state index in [1.807, 2.05) is 11.0 Å². The summed E-state index contributed by atoms with van der Waals surface area (Å²) < 4.78 is 7.93. The molecule has 2 aliphatic heterocycles. The van der Waals surface area contributed by atoms with Gasteiger partial charge in [0.05, 0.1) is 17.7 Å². The second kappa shape index (κ2) is 7.18. The van der Waals surface area contributed by atoms with E-state index >= 15 is 0 Å². The van der Waals surface area contributed by atoms with Crippen molar-refractivity contribution < 1.29 is 14.6 Å². The SMILES string of the molecule is CC(O)CCOC1CCN(C2CCn3c(cc4cc(Cl)cnc43)C2)C1=O. The van der Waals surface area contributed by atoms with Crippen LogP contribution in [0.25, 0.3) is 11.0 Å². The minimum Gasteiger partial charge on any atom is -0.393 e. The second-order valence-corrected chi connectivity index (χ2v) is 7.75. The van der Waals surface area contributed by atoms with Crippen LogP contribution in [0.1, 0.15) is 31.9 Å². The summed E-state index contributed by atoms with van der Waals surface area (Å²) in [6, 6.07) is 4.29. The Kier molecular flexibility index (Phi) is 4.90. The maximum Gasteiger partial charge on any atom is 0.252 e. The van der Waals surface area contributed by atoms with Crippen LogP contribution in [0.2, 0.25) is 5.02 Å². The van der Waals surface area contributed by atoms with Gasteiger partial charge in [-0.25, -0.2) is 4.98 Å². The number of rotatable bonds is 5. The first kappa shape index (κ1) is 17.8. The van der Waals surface area contributed by atoms with Crippen molar-refractivity contribution in [2.45, 2.75) is 57.4 Å². The van der Waals surface area contributed by atoms with Gasteiger partial charge in [0.2, 0.25) is 0 Å². The van der Waals surface area contributed by atoms with E-state index in [2.05, 4.69) is 15.6 Å². The topological polar surface area (TPSA) is 67.6 Å². The maximum atomic E-state index is 12.7. The monoisotopic (exact) mass is 377 g/mol. The summed E-state index contributed by atoms with van der Waals surface area (Å²) in [4.78, 5) is 19.2. The average Bonchev–Trinajstić information content (AvgIpc) is 3.14. The summed E-state index contributed by atoms with van der Waals surface area (Å²) >= 11 is 6.06. The summed E-state index contributed by atoms with van der Waals surface area (Å²) in [5.41, 5.74) is 2.17. The minimum atomic E-state index is -0.398. The van der Waals surface area contributed by atoms with Crippen LogP contribution < -0.4 is 0 Å². The lowest BCUT2D eigenvalue weighted by atomic mass is 10.0. The number of aliphatic hydroxyl groups is 1. The number of aliphatic hydroxyl groups excluding tert-OH is 1. The number of carbonyl (C=O) groups is 1. The molecule has 1 fully saturated rings. The summed E-state index contributed by atoms with van der Waals surface area (Å²) in [6.45, 7) is 3.76. The van der Waals surface area contributed by atoms with E-state index in [1.165, 1.54) is 5.69 Å². The Bertz CT molecular complexity index is 820. The number of aromatic nitrogens is 2. The predicted octanol–water partition coefficient (Wildman–Crippen LogP) is 2.39. The second-order valence-electron chi connectivity index (χ2n) is 7.32. The Hall–Kier alpha value is -1.63. The zero-order valence-corrected chi connectivity index (χ0v) is 15.7. The van der Waals surface area contributed by atoms with Crippen molar-refractivity contribution in [1.29, 1.82) is 0 Å². The van der Waals surface area contributed by atoms with Crippen molar-refractivity contribution in [3.8, 4) is 0 Å². The van der Waals surface area contributed by atoms with Gasteiger partial charge in [-0.1, -0.05) is 11.6 Å². The van der Waals surface area contributed by atoms with Crippen LogP contribution in [0.4, 0.5) is 0 Å². The van der Waals surface area contributed by atoms with E-state index in [4.69, 9.17) is 16.3 Å². The Labute approximate surface area is 157 Å². The summed E-state index contributed by atoms with van der Waals surface area (Å²) in [5.74, 6) is 0.0892. The maximum absolute atomic E-state index is 12.7. The fourth-order valence-electron chi connectivity index (χ4n) is 4.05. The molecule has 2 aliphatic rings. The Morgan fingerprint density at radius 2 is 2.23 bits per heavy atom. The van der Waals surface area contributed by atoms with Gasteiger partial charge < -0.3 is 19.3 Å². The molecule has 0 saturated carbocycles. The smallest absolute Gasteiger partial charge is 0.252 e. The molecule has 140 valence electrons. The molecule has 4 heterocycles. The van der Waals surface area contributed by atoms with Gasteiger partial charge in [0, 0.05) is 49.2 Å². The molecule has 2 aromatic rings. The van der Waals surface area contributed by atoms with Crippen LogP contribution in [0.5, 0.6) is 0 Å². The van der Waals surface area contributed by atoms with Crippen LogP contribution in [0.15, 0.2) is 18.3 Å². The number of halogens is 1. The highest BCUT2D eigenvalue weighted by molar-refractivity contribution is 6.31. The lowest BCUT2D eigenvalue weighted by Crippen LogP contribution is -2.43. The van der Waals surface area contributed by atoms with Gasteiger partial charge in [0.15, 0.2) is 0 Å². The average molecular weight is 378 g/mol. The molecule has 6 nitrogen and oxygen atoms in total. The molecule has 3 atom stereocenters. The highest BCUT2D eigenvalue weighted by atomic mass is 35.5. The number of nitrogens with zero attached hydrogens (tertiary/aromatic N) is 3. The van der Waals surface area contributed by atoms with E-state index in [0.717, 1.165) is 43.4 Å². The highest BCUT2D eigenvalue weighted by Gasteiger charge is 2.38. The quantitative estimate of drug-likeness (QED) is 0.868. The van der Waals surface area contributed by atoms with Crippen LogP contribution >= 0.6 is 11.6 Å². The van der Waals surface area contributed by atoms with Crippen molar-refractivity contribution in [2.75, 3.05) is 13.2 Å². The molecule has 0 aliphatic carbocycles. The third kappa shape index (κ3) is 3.33. The molecule has 2 aromatic heterocycles. The van der Waals surface area contributed by atoms with Gasteiger partial charge in [-0.2, -0.15) is 0 Å². The largest absolute Gasteiger partial charge is 0.393 e. The molecule has 7 heteroatoms. The fourth-order valence-corrected chi connectivity index (χ4v) is 4.22. The molecule has 4 rings (SSSR count). The summed E-state index contributed by atoms with van der Waals surface area (Å²) in [5, 5.41) is 11.0. The van der Waals surface area contributed by atoms with Crippen molar-refractivity contribution in [3.63, 3.8) is 0 Å². The predicted molar refractivity (Wildman–Crippen MR) is 99.2 cm³/mol. The van der Waals surface area contributed by atoms with Gasteiger partial charge in [-0.3, -0.25) is 4.79 Å². The standard InChI is InChI=1S/C19H24ClN3O3/c1-12(24)4-7-26-17-3-6-23(19(17)25)15-2-5-22-16(10-15)9-13-8-14(20)11-21-18(13)22/h8-9,11-12,15,17,24H,2-7,10H2,1H3. The third-order valence-corrected chi connectivity index (χ3v) is 5.61. The van der Waals surface area contributed by atoms with Crippen molar-refractivity contribution in [1.82, 2.24) is 14.5 Å². The van der Waals surface area contributed by atoms with Crippen LogP contribution in [-0.4, -0.2) is 56.9 Å². The molecule has 1 amide bonds. The number of carbonyl (C=O) groups excluding carboxylic acids is 1. The number of ether oxygens (including phenoxy) is 1. The third-order valence-electron chi connectivity index (χ3n) is 5.40. The lowest BCUT2D eigenvalue weighted by molar-refractivity contribution is -0.139. The first-order valence-electron chi connectivity index (χ1n) is 9.26. The highest BCUT2D eigenvalue weighted by Crippen LogP contribution is 2.30. The minimum absolute atomic E-state index is 0.0892. The molecule has 0 spiro atoms. The number of likely N-dealkylation sites (tertiary alicyclic amines) is 1. The number of fused-ring (bicyclic) bond motifs is 3. The van der Waals surface area contributed by atoms with Gasteiger partial charge in [-0.15, -0.1) is 0 Å². The Balaban J connectivity index is 1.44. The van der Waals surface area contributed by atoms with E-state index < -0.39 is 6.10 Å². The first-order valence-corrected chi connectivity index (χ1v) is 9.64. The van der Waals surface area contributed by atoms with Crippen LogP contribution in [0.3, 0.4) is 0 Å². The first-order chi connectivity index (χ1) is 12.5. The zero-order valence-electron chi connectivity index (χ0n) is 14.9. The Morgan fingerprint density at radius 1 is 1.38 bits per heavy atom. The molecule has 1 N–H and O–H groups in total. The Morgan fingerprint density at radius 3 is 3.04 bits per heavy atom. The van der Waals surface area contributed by atoms with Crippen molar-refractivity contribution in [3.05, 3.63) is 29.0 Å². The van der Waals surface area contributed by atoms with E-state index in [1.54, 1.807) is 13.1 Å².